The predicted molar refractivity (Wildman–Crippen MR) is 122 cm³/mol. The predicted octanol–water partition coefficient (Wildman–Crippen LogP) is 2.00. The van der Waals surface area contributed by atoms with Crippen molar-refractivity contribution < 1.29 is 14.3 Å². The van der Waals surface area contributed by atoms with E-state index in [-0.39, 0.29) is 31.3 Å². The average Bonchev–Trinajstić information content (AvgIpc) is 3.32. The zero-order chi connectivity index (χ0) is 22.9. The fraction of sp³-hybridized carbons (Fsp3) is 0.167. The summed E-state index contributed by atoms with van der Waals surface area (Å²) in [5, 5.41) is 0. The molecule has 0 spiro atoms. The monoisotopic (exact) mass is 444 g/mol. The summed E-state index contributed by atoms with van der Waals surface area (Å²) in [6.07, 6.45) is 1.49. The number of likely N-dealkylation sites (N-methyl/N-ethyl adjacent to an activating group) is 1. The van der Waals surface area contributed by atoms with E-state index in [0.717, 1.165) is 4.57 Å². The highest BCUT2D eigenvalue weighted by molar-refractivity contribution is 5.93. The molecule has 0 unspecified atom stereocenters. The molecule has 1 aliphatic rings. The first-order valence-corrected chi connectivity index (χ1v) is 10.3. The van der Waals surface area contributed by atoms with E-state index in [2.05, 4.69) is 4.98 Å². The van der Waals surface area contributed by atoms with E-state index in [1.807, 2.05) is 18.2 Å². The maximum atomic E-state index is 13.4. The Morgan fingerprint density at radius 3 is 2.61 bits per heavy atom. The highest BCUT2D eigenvalue weighted by Gasteiger charge is 2.20. The van der Waals surface area contributed by atoms with Crippen LogP contribution in [-0.2, 0) is 17.9 Å². The standard InChI is InChI=1S/C24H20N4O5/c1-26(17-6-3-2-4-7-17)21(29)14-27-18-8-5-11-25-22(18)23(30)28(24(27)31)13-16-9-10-19-20(12-16)33-15-32-19/h2-12H,13-15H2,1H3. The van der Waals surface area contributed by atoms with Crippen molar-refractivity contribution in [1.29, 1.82) is 0 Å². The molecule has 166 valence electrons. The molecule has 9 nitrogen and oxygen atoms in total. The molecule has 33 heavy (non-hydrogen) atoms. The van der Waals surface area contributed by atoms with Gasteiger partial charge in [-0.2, -0.15) is 0 Å². The lowest BCUT2D eigenvalue weighted by Crippen LogP contribution is -2.43. The van der Waals surface area contributed by atoms with Gasteiger partial charge >= 0.3 is 5.69 Å². The van der Waals surface area contributed by atoms with Gasteiger partial charge in [0, 0.05) is 18.9 Å². The lowest BCUT2D eigenvalue weighted by molar-refractivity contribution is -0.118. The van der Waals surface area contributed by atoms with Gasteiger partial charge < -0.3 is 14.4 Å². The zero-order valence-corrected chi connectivity index (χ0v) is 17.8. The van der Waals surface area contributed by atoms with Gasteiger partial charge in [0.25, 0.3) is 5.56 Å². The van der Waals surface area contributed by atoms with Crippen LogP contribution < -0.4 is 25.6 Å². The summed E-state index contributed by atoms with van der Waals surface area (Å²) in [6, 6.07) is 17.6. The van der Waals surface area contributed by atoms with E-state index in [1.165, 1.54) is 15.7 Å². The van der Waals surface area contributed by atoms with Crippen LogP contribution in [0.2, 0.25) is 0 Å². The number of nitrogens with zero attached hydrogens (tertiary/aromatic N) is 4. The van der Waals surface area contributed by atoms with Gasteiger partial charge in [0.2, 0.25) is 12.7 Å². The summed E-state index contributed by atoms with van der Waals surface area (Å²) in [5.41, 5.74) is 0.707. The topological polar surface area (TPSA) is 95.7 Å². The van der Waals surface area contributed by atoms with Crippen molar-refractivity contribution in [2.75, 3.05) is 18.7 Å². The number of para-hydroxylation sites is 1. The molecule has 2 aromatic heterocycles. The zero-order valence-electron chi connectivity index (χ0n) is 17.8. The number of carbonyl (C=O) groups is 1. The third-order valence-corrected chi connectivity index (χ3v) is 5.58. The Bertz CT molecular complexity index is 1480. The SMILES string of the molecule is CN(C(=O)Cn1c(=O)n(Cc2ccc3c(c2)OCO3)c(=O)c2ncccc21)c1ccccc1. The van der Waals surface area contributed by atoms with Gasteiger partial charge in [0.15, 0.2) is 17.0 Å². The molecule has 0 fully saturated rings. The average molecular weight is 444 g/mol. The lowest BCUT2D eigenvalue weighted by Gasteiger charge is -2.19. The molecule has 9 heteroatoms. The first kappa shape index (κ1) is 20.5. The number of rotatable bonds is 5. The molecule has 3 heterocycles. The number of benzene rings is 2. The van der Waals surface area contributed by atoms with Crippen LogP contribution in [0.1, 0.15) is 5.56 Å². The second-order valence-corrected chi connectivity index (χ2v) is 7.61. The highest BCUT2D eigenvalue weighted by Crippen LogP contribution is 2.32. The van der Waals surface area contributed by atoms with Gasteiger partial charge in [-0.1, -0.05) is 24.3 Å². The van der Waals surface area contributed by atoms with Crippen LogP contribution in [0.3, 0.4) is 0 Å². The fourth-order valence-electron chi connectivity index (χ4n) is 3.79. The molecular formula is C24H20N4O5. The molecule has 4 aromatic rings. The van der Waals surface area contributed by atoms with E-state index in [0.29, 0.717) is 28.3 Å². The highest BCUT2D eigenvalue weighted by atomic mass is 16.7. The molecule has 0 saturated heterocycles. The van der Waals surface area contributed by atoms with Crippen LogP contribution in [0, 0.1) is 0 Å². The quantitative estimate of drug-likeness (QED) is 0.467. The minimum absolute atomic E-state index is 0.00351. The Hall–Kier alpha value is -4.40. The number of pyridine rings is 1. The second-order valence-electron chi connectivity index (χ2n) is 7.61. The van der Waals surface area contributed by atoms with E-state index < -0.39 is 11.2 Å². The van der Waals surface area contributed by atoms with Crippen molar-refractivity contribution in [3.8, 4) is 11.5 Å². The van der Waals surface area contributed by atoms with Crippen molar-refractivity contribution in [3.63, 3.8) is 0 Å². The number of hydrogen-bond donors (Lipinski definition) is 0. The maximum absolute atomic E-state index is 13.4. The molecule has 0 atom stereocenters. The van der Waals surface area contributed by atoms with Gasteiger partial charge in [0.05, 0.1) is 12.1 Å². The Kier molecular flexibility index (Phi) is 5.14. The summed E-state index contributed by atoms with van der Waals surface area (Å²) < 4.78 is 13.1. The number of amides is 1. The van der Waals surface area contributed by atoms with Gasteiger partial charge in [-0.3, -0.25) is 18.7 Å². The minimum Gasteiger partial charge on any atom is -0.454 e. The fourth-order valence-corrected chi connectivity index (χ4v) is 3.79. The van der Waals surface area contributed by atoms with Crippen LogP contribution in [0.15, 0.2) is 76.4 Å². The van der Waals surface area contributed by atoms with E-state index in [1.54, 1.807) is 49.5 Å². The third-order valence-electron chi connectivity index (χ3n) is 5.58. The molecule has 1 amide bonds. The number of ether oxygens (including phenoxy) is 2. The largest absolute Gasteiger partial charge is 0.454 e. The third kappa shape index (κ3) is 3.73. The Labute approximate surface area is 188 Å². The number of aromatic nitrogens is 3. The van der Waals surface area contributed by atoms with Crippen LogP contribution in [0.5, 0.6) is 11.5 Å². The summed E-state index contributed by atoms with van der Waals surface area (Å²) in [7, 11) is 1.64. The maximum Gasteiger partial charge on any atom is 0.332 e. The molecule has 5 rings (SSSR count). The van der Waals surface area contributed by atoms with Crippen molar-refractivity contribution in [2.24, 2.45) is 0 Å². The van der Waals surface area contributed by atoms with Gasteiger partial charge in [-0.25, -0.2) is 9.78 Å². The molecule has 0 radical (unpaired) electrons. The molecule has 0 N–H and O–H groups in total. The normalized spacial score (nSPS) is 12.2. The van der Waals surface area contributed by atoms with E-state index in [4.69, 9.17) is 9.47 Å². The van der Waals surface area contributed by atoms with Crippen LogP contribution >= 0.6 is 0 Å². The van der Waals surface area contributed by atoms with Crippen LogP contribution in [-0.4, -0.2) is 33.9 Å². The van der Waals surface area contributed by atoms with E-state index >= 15 is 0 Å². The van der Waals surface area contributed by atoms with Crippen molar-refractivity contribution >= 4 is 22.6 Å². The molecule has 0 saturated carbocycles. The summed E-state index contributed by atoms with van der Waals surface area (Å²) >= 11 is 0. The van der Waals surface area contributed by atoms with Gasteiger partial charge in [-0.15, -0.1) is 0 Å². The van der Waals surface area contributed by atoms with Gasteiger partial charge in [-0.05, 0) is 42.0 Å². The van der Waals surface area contributed by atoms with Crippen molar-refractivity contribution in [3.05, 3.63) is 93.3 Å². The van der Waals surface area contributed by atoms with Crippen LogP contribution in [0.25, 0.3) is 11.0 Å². The van der Waals surface area contributed by atoms with Crippen molar-refractivity contribution in [1.82, 2.24) is 14.1 Å². The minimum atomic E-state index is -0.590. The number of carbonyl (C=O) groups excluding carboxylic acids is 1. The second kappa shape index (κ2) is 8.27. The molecule has 0 bridgehead atoms. The Balaban J connectivity index is 1.56. The molecule has 0 aliphatic carbocycles. The molecule has 2 aromatic carbocycles. The number of fused-ring (bicyclic) bond motifs is 2. The summed E-state index contributed by atoms with van der Waals surface area (Å²) in [5.74, 6) is 0.861. The number of anilines is 1. The molecular weight excluding hydrogens is 424 g/mol. The first-order chi connectivity index (χ1) is 16.0. The Morgan fingerprint density at radius 1 is 1.00 bits per heavy atom. The Morgan fingerprint density at radius 2 is 1.79 bits per heavy atom. The molecule has 1 aliphatic heterocycles. The first-order valence-electron chi connectivity index (χ1n) is 10.3. The summed E-state index contributed by atoms with van der Waals surface area (Å²) in [6.45, 7) is -0.111. The summed E-state index contributed by atoms with van der Waals surface area (Å²) in [4.78, 5) is 45.2. The van der Waals surface area contributed by atoms with Crippen LogP contribution in [0.4, 0.5) is 5.69 Å². The van der Waals surface area contributed by atoms with E-state index in [9.17, 15) is 14.4 Å². The lowest BCUT2D eigenvalue weighted by atomic mass is 10.2. The number of hydrogen-bond acceptors (Lipinski definition) is 6. The smallest absolute Gasteiger partial charge is 0.332 e. The van der Waals surface area contributed by atoms with Gasteiger partial charge in [0.1, 0.15) is 6.54 Å². The van der Waals surface area contributed by atoms with Crippen molar-refractivity contribution in [2.45, 2.75) is 13.1 Å².